The van der Waals surface area contributed by atoms with Crippen molar-refractivity contribution in [3.63, 3.8) is 0 Å². The van der Waals surface area contributed by atoms with Crippen LogP contribution in [-0.2, 0) is 9.53 Å². The van der Waals surface area contributed by atoms with Crippen LogP contribution in [0.25, 0.3) is 11.0 Å². The van der Waals surface area contributed by atoms with Gasteiger partial charge >= 0.3 is 12.0 Å². The van der Waals surface area contributed by atoms with Crippen molar-refractivity contribution in [3.05, 3.63) is 45.3 Å². The molecule has 0 unspecified atom stereocenters. The number of urea groups is 1. The molecule has 3 rings (SSSR count). The first-order valence-corrected chi connectivity index (χ1v) is 9.72. The smallest absolute Gasteiger partial charge is 0.374 e. The zero-order valence-electron chi connectivity index (χ0n) is 15.8. The van der Waals surface area contributed by atoms with Crippen molar-refractivity contribution in [2.24, 2.45) is 5.92 Å². The Kier molecular flexibility index (Phi) is 6.53. The van der Waals surface area contributed by atoms with Crippen LogP contribution < -0.4 is 16.1 Å². The van der Waals surface area contributed by atoms with Crippen LogP contribution in [0.15, 0.2) is 33.5 Å². The minimum Gasteiger partial charge on any atom is -0.450 e. The van der Waals surface area contributed by atoms with Crippen molar-refractivity contribution in [3.8, 4) is 0 Å². The summed E-state index contributed by atoms with van der Waals surface area (Å²) in [6, 6.07) is 4.76. The number of carbonyl (C=O) groups is 3. The van der Waals surface area contributed by atoms with Crippen LogP contribution >= 0.6 is 11.6 Å². The van der Waals surface area contributed by atoms with Crippen LogP contribution in [0.2, 0.25) is 5.02 Å². The molecular weight excluding hydrogens is 400 g/mol. The first-order chi connectivity index (χ1) is 13.8. The molecule has 2 N–H and O–H groups in total. The van der Waals surface area contributed by atoms with E-state index in [9.17, 15) is 19.2 Å². The Morgan fingerprint density at radius 3 is 2.72 bits per heavy atom. The van der Waals surface area contributed by atoms with Crippen LogP contribution in [0.5, 0.6) is 0 Å². The average Bonchev–Trinajstić information content (AvgIpc) is 2.68. The number of carbonyl (C=O) groups excluding carboxylic acids is 3. The van der Waals surface area contributed by atoms with Gasteiger partial charge in [-0.1, -0.05) is 31.4 Å². The molecule has 1 aliphatic rings. The number of benzene rings is 1. The zero-order valence-corrected chi connectivity index (χ0v) is 16.6. The maximum atomic E-state index is 12.1. The van der Waals surface area contributed by atoms with Crippen molar-refractivity contribution in [2.45, 2.75) is 38.6 Å². The quantitative estimate of drug-likeness (QED) is 0.735. The second kappa shape index (κ2) is 9.09. The molecule has 8 nitrogen and oxygen atoms in total. The number of ether oxygens (including phenoxy) is 1. The average molecular weight is 421 g/mol. The van der Waals surface area contributed by atoms with Crippen LogP contribution in [0.4, 0.5) is 4.79 Å². The van der Waals surface area contributed by atoms with Gasteiger partial charge in [-0.3, -0.25) is 14.9 Å². The van der Waals surface area contributed by atoms with Gasteiger partial charge in [0.05, 0.1) is 5.39 Å². The van der Waals surface area contributed by atoms with Gasteiger partial charge < -0.3 is 14.5 Å². The lowest BCUT2D eigenvalue weighted by molar-refractivity contribution is -0.123. The lowest BCUT2D eigenvalue weighted by Crippen LogP contribution is -2.48. The number of hydrogen-bond donors (Lipinski definition) is 2. The lowest BCUT2D eigenvalue weighted by Gasteiger charge is -2.29. The van der Waals surface area contributed by atoms with E-state index in [1.807, 2.05) is 0 Å². The topological polar surface area (TPSA) is 115 Å². The highest BCUT2D eigenvalue weighted by molar-refractivity contribution is 6.31. The van der Waals surface area contributed by atoms with Crippen molar-refractivity contribution >= 4 is 40.5 Å². The Labute approximate surface area is 171 Å². The molecule has 9 heteroatoms. The number of esters is 1. The highest BCUT2D eigenvalue weighted by Crippen LogP contribution is 2.23. The molecule has 3 amide bonds. The fourth-order valence-corrected chi connectivity index (χ4v) is 3.50. The summed E-state index contributed by atoms with van der Waals surface area (Å²) >= 11 is 5.84. The van der Waals surface area contributed by atoms with Gasteiger partial charge in [0.15, 0.2) is 12.0 Å². The first-order valence-electron chi connectivity index (χ1n) is 9.34. The fraction of sp³-hybridized carbons (Fsp3) is 0.400. The Bertz CT molecular complexity index is 1000. The van der Waals surface area contributed by atoms with Gasteiger partial charge in [0.1, 0.15) is 5.58 Å². The molecule has 154 valence electrons. The highest BCUT2D eigenvalue weighted by atomic mass is 35.5. The number of nitrogens with one attached hydrogen (secondary N) is 2. The minimum atomic E-state index is -0.990. The van der Waals surface area contributed by atoms with Crippen LogP contribution in [-0.4, -0.2) is 30.6 Å². The van der Waals surface area contributed by atoms with Crippen molar-refractivity contribution in [1.29, 1.82) is 0 Å². The molecule has 0 bridgehead atoms. The van der Waals surface area contributed by atoms with Crippen LogP contribution in [0.1, 0.15) is 43.2 Å². The molecule has 1 aliphatic carbocycles. The van der Waals surface area contributed by atoms with E-state index in [1.165, 1.54) is 18.2 Å². The standard InChI is InChI=1S/C20H21ClN2O6/c1-11-4-2-3-5-14(11)22-20(27)23-18(25)10-28-19(26)17-9-15(24)13-8-12(21)6-7-16(13)29-17/h6-9,11,14H,2-5,10H2,1H3,(H2,22,23,25,27)/t11-,14+/m1/s1. The van der Waals surface area contributed by atoms with E-state index >= 15 is 0 Å². The normalized spacial score (nSPS) is 18.8. The third-order valence-electron chi connectivity index (χ3n) is 4.91. The molecular formula is C20H21ClN2O6. The molecule has 1 saturated carbocycles. The van der Waals surface area contributed by atoms with Gasteiger partial charge in [-0.15, -0.1) is 0 Å². The van der Waals surface area contributed by atoms with Gasteiger partial charge in [0, 0.05) is 17.1 Å². The molecule has 0 radical (unpaired) electrons. The Morgan fingerprint density at radius 1 is 1.21 bits per heavy atom. The third-order valence-corrected chi connectivity index (χ3v) is 5.14. The van der Waals surface area contributed by atoms with Gasteiger partial charge in [0.25, 0.3) is 5.91 Å². The number of amides is 3. The van der Waals surface area contributed by atoms with Crippen LogP contribution in [0.3, 0.4) is 0 Å². The zero-order chi connectivity index (χ0) is 21.0. The molecule has 2 atom stereocenters. The van der Waals surface area contributed by atoms with Crippen molar-refractivity contribution in [2.75, 3.05) is 6.61 Å². The molecule has 1 fully saturated rings. The van der Waals surface area contributed by atoms with Crippen molar-refractivity contribution < 1.29 is 23.5 Å². The molecule has 29 heavy (non-hydrogen) atoms. The summed E-state index contributed by atoms with van der Waals surface area (Å²) in [5.41, 5.74) is -0.301. The Balaban J connectivity index is 1.54. The summed E-state index contributed by atoms with van der Waals surface area (Å²) in [7, 11) is 0. The summed E-state index contributed by atoms with van der Waals surface area (Å²) < 4.78 is 10.2. The molecule has 1 aromatic heterocycles. The van der Waals surface area contributed by atoms with Gasteiger partial charge in [-0.25, -0.2) is 9.59 Å². The molecule has 2 aromatic rings. The third kappa shape index (κ3) is 5.35. The van der Waals surface area contributed by atoms with Crippen LogP contribution in [0, 0.1) is 5.92 Å². The van der Waals surface area contributed by atoms with E-state index in [4.69, 9.17) is 20.8 Å². The number of halogens is 1. The number of hydrogen-bond acceptors (Lipinski definition) is 6. The van der Waals surface area contributed by atoms with E-state index in [0.717, 1.165) is 31.7 Å². The maximum Gasteiger partial charge on any atom is 0.374 e. The summed E-state index contributed by atoms with van der Waals surface area (Å²) in [4.78, 5) is 48.0. The molecule has 1 heterocycles. The van der Waals surface area contributed by atoms with Gasteiger partial charge in [-0.2, -0.15) is 0 Å². The summed E-state index contributed by atoms with van der Waals surface area (Å²) in [5.74, 6) is -1.78. The number of rotatable bonds is 4. The predicted molar refractivity (Wildman–Crippen MR) is 106 cm³/mol. The Morgan fingerprint density at radius 2 is 1.97 bits per heavy atom. The Hall–Kier alpha value is -2.87. The summed E-state index contributed by atoms with van der Waals surface area (Å²) in [6.07, 6.45) is 4.06. The second-order valence-corrected chi connectivity index (χ2v) is 7.52. The maximum absolute atomic E-state index is 12.1. The largest absolute Gasteiger partial charge is 0.450 e. The van der Waals surface area contributed by atoms with Crippen molar-refractivity contribution in [1.82, 2.24) is 10.6 Å². The first kappa shape index (κ1) is 20.9. The van der Waals surface area contributed by atoms with Gasteiger partial charge in [0.2, 0.25) is 5.76 Å². The highest BCUT2D eigenvalue weighted by Gasteiger charge is 2.23. The molecule has 1 aromatic carbocycles. The predicted octanol–water partition coefficient (Wildman–Crippen LogP) is 3.01. The fourth-order valence-electron chi connectivity index (χ4n) is 3.33. The summed E-state index contributed by atoms with van der Waals surface area (Å²) in [6.45, 7) is 1.37. The van der Waals surface area contributed by atoms with E-state index in [-0.39, 0.29) is 22.8 Å². The van der Waals surface area contributed by atoms with E-state index in [1.54, 1.807) is 0 Å². The number of fused-ring (bicyclic) bond motifs is 1. The molecule has 0 aliphatic heterocycles. The number of imide groups is 1. The molecule has 0 spiro atoms. The monoisotopic (exact) mass is 420 g/mol. The van der Waals surface area contributed by atoms with E-state index in [2.05, 4.69) is 17.6 Å². The minimum absolute atomic E-state index is 0.0134. The van der Waals surface area contributed by atoms with E-state index < -0.39 is 29.9 Å². The van der Waals surface area contributed by atoms with Gasteiger partial charge in [-0.05, 0) is 37.0 Å². The summed E-state index contributed by atoms with van der Waals surface area (Å²) in [5, 5.41) is 5.48. The lowest BCUT2D eigenvalue weighted by atomic mass is 9.86. The molecule has 0 saturated heterocycles. The second-order valence-electron chi connectivity index (χ2n) is 7.08. The van der Waals surface area contributed by atoms with E-state index in [0.29, 0.717) is 10.9 Å². The SMILES string of the molecule is C[C@@H]1CCCC[C@@H]1NC(=O)NC(=O)COC(=O)c1cc(=O)c2cc(Cl)ccc2o1.